The number of halogens is 1. The van der Waals surface area contributed by atoms with Crippen LogP contribution < -0.4 is 4.18 Å². The molecule has 1 fully saturated rings. The van der Waals surface area contributed by atoms with E-state index in [0.717, 1.165) is 42.7 Å². The Labute approximate surface area is 172 Å². The third kappa shape index (κ3) is 4.65. The minimum Gasteiger partial charge on any atom is -0.379 e. The van der Waals surface area contributed by atoms with E-state index in [1.54, 1.807) is 18.2 Å². The molecular formula is C21H18FNO4S2. The van der Waals surface area contributed by atoms with Gasteiger partial charge in [0, 0.05) is 12.6 Å². The Morgan fingerprint density at radius 1 is 1.10 bits per heavy atom. The van der Waals surface area contributed by atoms with Crippen molar-refractivity contribution in [3.05, 3.63) is 82.3 Å². The Hall–Kier alpha value is -2.71. The largest absolute Gasteiger partial charge is 0.379 e. The third-order valence-electron chi connectivity index (χ3n) is 4.54. The van der Waals surface area contributed by atoms with Crippen LogP contribution in [0, 0.1) is 5.82 Å². The lowest BCUT2D eigenvalue weighted by Crippen LogP contribution is -2.32. The van der Waals surface area contributed by atoms with E-state index in [-0.39, 0.29) is 22.6 Å². The maximum Gasteiger partial charge on any atom is 0.339 e. The summed E-state index contributed by atoms with van der Waals surface area (Å²) < 4.78 is 43.1. The van der Waals surface area contributed by atoms with Crippen molar-refractivity contribution in [2.24, 2.45) is 0 Å². The summed E-state index contributed by atoms with van der Waals surface area (Å²) >= 11 is 1.40. The SMILES string of the molecule is O=C(c1cccs1)N(Cc1cccc(OS(=O)(=O)c2ccc(F)cc2)c1)C1CC1. The summed E-state index contributed by atoms with van der Waals surface area (Å²) in [4.78, 5) is 15.2. The molecule has 0 bridgehead atoms. The van der Waals surface area contributed by atoms with E-state index in [0.29, 0.717) is 11.4 Å². The van der Waals surface area contributed by atoms with E-state index < -0.39 is 15.9 Å². The fourth-order valence-corrected chi connectivity index (χ4v) is 4.56. The van der Waals surface area contributed by atoms with Crippen molar-refractivity contribution >= 4 is 27.4 Å². The lowest BCUT2D eigenvalue weighted by atomic mass is 10.2. The predicted molar refractivity (Wildman–Crippen MR) is 108 cm³/mol. The summed E-state index contributed by atoms with van der Waals surface area (Å²) in [6.07, 6.45) is 1.93. The Morgan fingerprint density at radius 3 is 2.52 bits per heavy atom. The molecule has 1 aromatic heterocycles. The summed E-state index contributed by atoms with van der Waals surface area (Å²) in [5.41, 5.74) is 0.772. The first-order chi connectivity index (χ1) is 13.9. The molecule has 1 heterocycles. The average molecular weight is 432 g/mol. The van der Waals surface area contributed by atoms with Crippen LogP contribution in [-0.2, 0) is 16.7 Å². The van der Waals surface area contributed by atoms with Crippen LogP contribution in [0.2, 0.25) is 0 Å². The smallest absolute Gasteiger partial charge is 0.339 e. The van der Waals surface area contributed by atoms with Crippen molar-refractivity contribution in [2.75, 3.05) is 0 Å². The standard InChI is InChI=1S/C21H18FNO4S2/c22-16-6-10-19(11-7-16)29(25,26)27-18-4-1-3-15(13-18)14-23(17-8-9-17)21(24)20-5-2-12-28-20/h1-7,10-13,17H,8-9,14H2. The summed E-state index contributed by atoms with van der Waals surface area (Å²) in [6, 6.07) is 15.0. The molecule has 4 rings (SSSR count). The number of rotatable bonds is 7. The van der Waals surface area contributed by atoms with Crippen molar-refractivity contribution < 1.29 is 21.8 Å². The summed E-state index contributed by atoms with van der Waals surface area (Å²) in [6.45, 7) is 0.370. The molecule has 29 heavy (non-hydrogen) atoms. The van der Waals surface area contributed by atoms with Crippen LogP contribution >= 0.6 is 11.3 Å². The number of hydrogen-bond donors (Lipinski definition) is 0. The van der Waals surface area contributed by atoms with Gasteiger partial charge < -0.3 is 9.08 Å². The molecule has 1 aliphatic rings. The van der Waals surface area contributed by atoms with E-state index in [4.69, 9.17) is 4.18 Å². The van der Waals surface area contributed by atoms with Crippen molar-refractivity contribution in [2.45, 2.75) is 30.3 Å². The van der Waals surface area contributed by atoms with Crippen LogP contribution in [0.1, 0.15) is 28.1 Å². The summed E-state index contributed by atoms with van der Waals surface area (Å²) in [7, 11) is -4.08. The van der Waals surface area contributed by atoms with Gasteiger partial charge >= 0.3 is 10.1 Å². The Bertz CT molecular complexity index is 1110. The maximum absolute atomic E-state index is 13.0. The maximum atomic E-state index is 13.0. The first-order valence-corrected chi connectivity index (χ1v) is 11.3. The lowest BCUT2D eigenvalue weighted by molar-refractivity contribution is 0.0734. The molecule has 0 N–H and O–H groups in total. The van der Waals surface area contributed by atoms with Crippen LogP contribution in [-0.4, -0.2) is 25.3 Å². The molecule has 3 aromatic rings. The molecule has 0 aliphatic heterocycles. The van der Waals surface area contributed by atoms with Gasteiger partial charge in [-0.2, -0.15) is 8.42 Å². The first kappa shape index (κ1) is 19.6. The van der Waals surface area contributed by atoms with Gasteiger partial charge in [-0.3, -0.25) is 4.79 Å². The Morgan fingerprint density at radius 2 is 1.86 bits per heavy atom. The van der Waals surface area contributed by atoms with Gasteiger partial charge in [0.05, 0.1) is 4.88 Å². The zero-order valence-electron chi connectivity index (χ0n) is 15.3. The van der Waals surface area contributed by atoms with Gasteiger partial charge in [-0.1, -0.05) is 18.2 Å². The summed E-state index contributed by atoms with van der Waals surface area (Å²) in [5.74, 6) is -0.402. The van der Waals surface area contributed by atoms with Gasteiger partial charge in [-0.05, 0) is 66.2 Å². The van der Waals surface area contributed by atoms with Crippen LogP contribution in [0.5, 0.6) is 5.75 Å². The van der Waals surface area contributed by atoms with Crippen LogP contribution in [0.15, 0.2) is 70.9 Å². The van der Waals surface area contributed by atoms with Gasteiger partial charge in [0.25, 0.3) is 5.91 Å². The van der Waals surface area contributed by atoms with Crippen molar-refractivity contribution in [3.8, 4) is 5.75 Å². The van der Waals surface area contributed by atoms with Gasteiger partial charge in [0.15, 0.2) is 0 Å². The zero-order chi connectivity index (χ0) is 20.4. The number of carbonyl (C=O) groups is 1. The van der Waals surface area contributed by atoms with Crippen molar-refractivity contribution in [3.63, 3.8) is 0 Å². The van der Waals surface area contributed by atoms with Crippen molar-refractivity contribution in [1.82, 2.24) is 4.90 Å². The topological polar surface area (TPSA) is 63.7 Å². The molecule has 1 saturated carbocycles. The third-order valence-corrected chi connectivity index (χ3v) is 6.66. The van der Waals surface area contributed by atoms with E-state index in [2.05, 4.69) is 0 Å². The molecule has 0 spiro atoms. The highest BCUT2D eigenvalue weighted by Gasteiger charge is 2.33. The van der Waals surface area contributed by atoms with Crippen molar-refractivity contribution in [1.29, 1.82) is 0 Å². The lowest BCUT2D eigenvalue weighted by Gasteiger charge is -2.22. The van der Waals surface area contributed by atoms with E-state index in [9.17, 15) is 17.6 Å². The quantitative estimate of drug-likeness (QED) is 0.518. The molecule has 0 atom stereocenters. The molecule has 8 heteroatoms. The second kappa shape index (κ2) is 7.96. The molecular weight excluding hydrogens is 413 g/mol. The average Bonchev–Trinajstić information content (AvgIpc) is 3.38. The fraction of sp³-hybridized carbons (Fsp3) is 0.190. The number of nitrogens with zero attached hydrogens (tertiary/aromatic N) is 1. The summed E-state index contributed by atoms with van der Waals surface area (Å²) in [5, 5.41) is 1.87. The van der Waals surface area contributed by atoms with Gasteiger partial charge in [0.1, 0.15) is 16.5 Å². The number of amides is 1. The minimum absolute atomic E-state index is 0.0206. The predicted octanol–water partition coefficient (Wildman–Crippen LogP) is 4.46. The van der Waals surface area contributed by atoms with Crippen LogP contribution in [0.3, 0.4) is 0 Å². The first-order valence-electron chi connectivity index (χ1n) is 9.06. The minimum atomic E-state index is -4.08. The molecule has 2 aromatic carbocycles. The highest BCUT2D eigenvalue weighted by molar-refractivity contribution is 7.87. The Kier molecular flexibility index (Phi) is 5.38. The van der Waals surface area contributed by atoms with Crippen LogP contribution in [0.25, 0.3) is 0 Å². The van der Waals surface area contributed by atoms with Gasteiger partial charge in [-0.15, -0.1) is 11.3 Å². The molecule has 1 aliphatic carbocycles. The van der Waals surface area contributed by atoms with Crippen LogP contribution in [0.4, 0.5) is 4.39 Å². The van der Waals surface area contributed by atoms with Gasteiger partial charge in [0.2, 0.25) is 0 Å². The fourth-order valence-electron chi connectivity index (χ4n) is 2.96. The van der Waals surface area contributed by atoms with E-state index >= 15 is 0 Å². The Balaban J connectivity index is 1.52. The van der Waals surface area contributed by atoms with Gasteiger partial charge in [-0.25, -0.2) is 4.39 Å². The highest BCUT2D eigenvalue weighted by Crippen LogP contribution is 2.31. The normalized spacial score (nSPS) is 13.8. The van der Waals surface area contributed by atoms with E-state index in [1.807, 2.05) is 22.4 Å². The molecule has 0 unspecified atom stereocenters. The zero-order valence-corrected chi connectivity index (χ0v) is 17.0. The second-order valence-electron chi connectivity index (χ2n) is 6.78. The number of carbonyl (C=O) groups excluding carboxylic acids is 1. The molecule has 5 nitrogen and oxygen atoms in total. The number of hydrogen-bond acceptors (Lipinski definition) is 5. The number of benzene rings is 2. The monoisotopic (exact) mass is 431 g/mol. The molecule has 1 amide bonds. The highest BCUT2D eigenvalue weighted by atomic mass is 32.2. The molecule has 0 radical (unpaired) electrons. The molecule has 0 saturated heterocycles. The van der Waals surface area contributed by atoms with E-state index in [1.165, 1.54) is 17.4 Å². The second-order valence-corrected chi connectivity index (χ2v) is 9.27. The number of thiophene rings is 1. The molecule has 150 valence electrons.